The Morgan fingerprint density at radius 2 is 1.90 bits per heavy atom. The molecule has 5 heteroatoms. The molecule has 1 aromatic carbocycles. The van der Waals surface area contributed by atoms with Crippen LogP contribution in [0.5, 0.6) is 5.75 Å². The largest absolute Gasteiger partial charge is 0.492 e. The minimum Gasteiger partial charge on any atom is -0.492 e. The van der Waals surface area contributed by atoms with Gasteiger partial charge in [-0.25, -0.2) is 0 Å². The van der Waals surface area contributed by atoms with Crippen LogP contribution in [0.3, 0.4) is 0 Å². The van der Waals surface area contributed by atoms with Crippen molar-refractivity contribution >= 4 is 5.96 Å². The summed E-state index contributed by atoms with van der Waals surface area (Å²) in [6, 6.07) is 9.87. The highest BCUT2D eigenvalue weighted by Gasteiger charge is 2.05. The van der Waals surface area contributed by atoms with Gasteiger partial charge in [-0.05, 0) is 25.7 Å². The molecule has 0 saturated heterocycles. The third kappa shape index (κ3) is 6.99. The fourth-order valence-electron chi connectivity index (χ4n) is 1.82. The number of hydrogen-bond donors (Lipinski definition) is 1. The van der Waals surface area contributed by atoms with Crippen LogP contribution < -0.4 is 10.1 Å². The number of para-hydroxylation sites is 1. The van der Waals surface area contributed by atoms with Crippen LogP contribution in [0.25, 0.3) is 0 Å². The molecule has 21 heavy (non-hydrogen) atoms. The minimum atomic E-state index is 0.635. The zero-order valence-corrected chi connectivity index (χ0v) is 13.7. The number of nitrogens with one attached hydrogen (secondary N) is 1. The lowest BCUT2D eigenvalue weighted by molar-refractivity contribution is 0.280. The van der Waals surface area contributed by atoms with Gasteiger partial charge in [-0.15, -0.1) is 0 Å². The maximum Gasteiger partial charge on any atom is 0.193 e. The molecule has 0 aliphatic heterocycles. The Morgan fingerprint density at radius 3 is 2.52 bits per heavy atom. The summed E-state index contributed by atoms with van der Waals surface area (Å²) in [7, 11) is 5.94. The van der Waals surface area contributed by atoms with Crippen molar-refractivity contribution in [1.29, 1.82) is 0 Å². The third-order valence-corrected chi connectivity index (χ3v) is 3.33. The van der Waals surface area contributed by atoms with Crippen LogP contribution in [0.15, 0.2) is 35.3 Å². The predicted octanol–water partition coefficient (Wildman–Crippen LogP) is 1.52. The topological polar surface area (TPSA) is 40.1 Å². The van der Waals surface area contributed by atoms with Gasteiger partial charge in [0.15, 0.2) is 5.96 Å². The van der Waals surface area contributed by atoms with Crippen molar-refractivity contribution in [3.8, 4) is 5.75 Å². The normalized spacial score (nSPS) is 11.6. The smallest absolute Gasteiger partial charge is 0.193 e. The maximum atomic E-state index is 5.70. The Morgan fingerprint density at radius 1 is 1.19 bits per heavy atom. The molecule has 0 aliphatic rings. The fraction of sp³-hybridized carbons (Fsp3) is 0.562. The Hall–Kier alpha value is -1.75. The molecule has 0 saturated carbocycles. The van der Waals surface area contributed by atoms with Gasteiger partial charge in [0.25, 0.3) is 0 Å². The first-order chi connectivity index (χ1) is 10.2. The molecule has 118 valence electrons. The first-order valence-electron chi connectivity index (χ1n) is 7.45. The molecule has 0 bridgehead atoms. The predicted molar refractivity (Wildman–Crippen MR) is 89.1 cm³/mol. The van der Waals surface area contributed by atoms with Crippen molar-refractivity contribution < 1.29 is 4.74 Å². The van der Waals surface area contributed by atoms with Gasteiger partial charge in [0, 0.05) is 27.2 Å². The lowest BCUT2D eigenvalue weighted by Crippen LogP contribution is -2.43. The Bertz CT molecular complexity index is 408. The second kappa shape index (κ2) is 10.0. The first kappa shape index (κ1) is 17.3. The van der Waals surface area contributed by atoms with Crippen molar-refractivity contribution in [2.75, 3.05) is 53.9 Å². The summed E-state index contributed by atoms with van der Waals surface area (Å²) in [5, 5.41) is 3.36. The first-order valence-corrected chi connectivity index (χ1v) is 7.45. The number of hydrogen-bond acceptors (Lipinski definition) is 3. The van der Waals surface area contributed by atoms with E-state index in [1.165, 1.54) is 0 Å². The van der Waals surface area contributed by atoms with Crippen LogP contribution in [0.4, 0.5) is 0 Å². The Labute approximate surface area is 128 Å². The van der Waals surface area contributed by atoms with Crippen molar-refractivity contribution in [1.82, 2.24) is 15.1 Å². The lowest BCUT2D eigenvalue weighted by Gasteiger charge is -2.23. The van der Waals surface area contributed by atoms with Crippen LogP contribution >= 0.6 is 0 Å². The fourth-order valence-corrected chi connectivity index (χ4v) is 1.82. The number of nitrogens with zero attached hydrogens (tertiary/aromatic N) is 3. The standard InChI is InChI=1S/C16H28N4O/c1-5-19(3)12-11-18-16(17-2)20(4)13-14-21-15-9-7-6-8-10-15/h6-10H,5,11-14H2,1-4H3,(H,17,18). The van der Waals surface area contributed by atoms with E-state index in [0.29, 0.717) is 6.61 Å². The highest BCUT2D eigenvalue weighted by Crippen LogP contribution is 2.07. The number of ether oxygens (including phenoxy) is 1. The molecule has 0 amide bonds. The zero-order valence-electron chi connectivity index (χ0n) is 13.7. The minimum absolute atomic E-state index is 0.635. The van der Waals surface area contributed by atoms with E-state index in [1.54, 1.807) is 7.05 Å². The summed E-state index contributed by atoms with van der Waals surface area (Å²) in [4.78, 5) is 8.63. The van der Waals surface area contributed by atoms with Crippen LogP contribution in [0.2, 0.25) is 0 Å². The molecule has 1 aromatic rings. The number of guanidine groups is 1. The molecule has 1 N–H and O–H groups in total. The van der Waals surface area contributed by atoms with Crippen molar-refractivity contribution in [3.63, 3.8) is 0 Å². The van der Waals surface area contributed by atoms with E-state index in [1.807, 2.05) is 37.4 Å². The number of likely N-dealkylation sites (N-methyl/N-ethyl adjacent to an activating group) is 2. The number of aliphatic imine (C=N–C) groups is 1. The summed E-state index contributed by atoms with van der Waals surface area (Å²) in [5.41, 5.74) is 0. The van der Waals surface area contributed by atoms with Gasteiger partial charge in [0.2, 0.25) is 0 Å². The summed E-state index contributed by atoms with van der Waals surface area (Å²) in [5.74, 6) is 1.80. The molecule has 0 aromatic heterocycles. The van der Waals surface area contributed by atoms with E-state index in [2.05, 4.69) is 34.1 Å². The second-order valence-electron chi connectivity index (χ2n) is 4.95. The quantitative estimate of drug-likeness (QED) is 0.582. The molecule has 0 aliphatic carbocycles. The van der Waals surface area contributed by atoms with Crippen LogP contribution in [0, 0.1) is 0 Å². The van der Waals surface area contributed by atoms with Crippen molar-refractivity contribution in [2.24, 2.45) is 4.99 Å². The van der Waals surface area contributed by atoms with E-state index in [4.69, 9.17) is 4.74 Å². The highest BCUT2D eigenvalue weighted by molar-refractivity contribution is 5.79. The van der Waals surface area contributed by atoms with E-state index < -0.39 is 0 Å². The monoisotopic (exact) mass is 292 g/mol. The molecule has 0 spiro atoms. The Kier molecular flexibility index (Phi) is 8.28. The third-order valence-electron chi connectivity index (χ3n) is 3.33. The van der Waals surface area contributed by atoms with Gasteiger partial charge in [0.05, 0.1) is 6.54 Å². The molecular formula is C16H28N4O. The average molecular weight is 292 g/mol. The number of rotatable bonds is 8. The lowest BCUT2D eigenvalue weighted by atomic mass is 10.3. The van der Waals surface area contributed by atoms with Crippen LogP contribution in [0.1, 0.15) is 6.92 Å². The Balaban J connectivity index is 2.26. The average Bonchev–Trinajstić information content (AvgIpc) is 2.52. The van der Waals surface area contributed by atoms with Crippen LogP contribution in [-0.2, 0) is 0 Å². The van der Waals surface area contributed by atoms with Gasteiger partial charge in [-0.2, -0.15) is 0 Å². The molecule has 5 nitrogen and oxygen atoms in total. The van der Waals surface area contributed by atoms with Gasteiger partial charge >= 0.3 is 0 Å². The molecule has 0 heterocycles. The summed E-state index contributed by atoms with van der Waals surface area (Å²) < 4.78 is 5.70. The maximum absolute atomic E-state index is 5.70. The number of benzene rings is 1. The molecule has 0 fully saturated rings. The van der Waals surface area contributed by atoms with E-state index in [-0.39, 0.29) is 0 Å². The molecule has 1 rings (SSSR count). The van der Waals surface area contributed by atoms with E-state index >= 15 is 0 Å². The van der Waals surface area contributed by atoms with Gasteiger partial charge < -0.3 is 19.9 Å². The molecule has 0 radical (unpaired) electrons. The van der Waals surface area contributed by atoms with Crippen molar-refractivity contribution in [3.05, 3.63) is 30.3 Å². The van der Waals surface area contributed by atoms with E-state index in [9.17, 15) is 0 Å². The van der Waals surface area contributed by atoms with Crippen LogP contribution in [-0.4, -0.2) is 69.7 Å². The van der Waals surface area contributed by atoms with Crippen molar-refractivity contribution in [2.45, 2.75) is 6.92 Å². The second-order valence-corrected chi connectivity index (χ2v) is 4.95. The summed E-state index contributed by atoms with van der Waals surface area (Å²) >= 11 is 0. The molecule has 0 unspecified atom stereocenters. The van der Waals surface area contributed by atoms with Gasteiger partial charge in [-0.3, -0.25) is 4.99 Å². The summed E-state index contributed by atoms with van der Waals surface area (Å²) in [6.45, 7) is 6.53. The van der Waals surface area contributed by atoms with E-state index in [0.717, 1.165) is 37.9 Å². The SMILES string of the molecule is CCN(C)CCNC(=NC)N(C)CCOc1ccccc1. The van der Waals surface area contributed by atoms with Gasteiger partial charge in [-0.1, -0.05) is 25.1 Å². The molecular weight excluding hydrogens is 264 g/mol. The zero-order chi connectivity index (χ0) is 15.5. The highest BCUT2D eigenvalue weighted by atomic mass is 16.5. The molecule has 0 atom stereocenters. The van der Waals surface area contributed by atoms with Gasteiger partial charge in [0.1, 0.15) is 12.4 Å². The summed E-state index contributed by atoms with van der Waals surface area (Å²) in [6.07, 6.45) is 0.